The minimum absolute atomic E-state index is 0.119. The van der Waals surface area contributed by atoms with Crippen molar-refractivity contribution in [1.29, 1.82) is 0 Å². The smallest absolute Gasteiger partial charge is 0.417 e. The summed E-state index contributed by atoms with van der Waals surface area (Å²) in [5.41, 5.74) is 3.11. The Bertz CT molecular complexity index is 994. The Hall–Kier alpha value is -3.02. The van der Waals surface area contributed by atoms with Crippen LogP contribution in [-0.4, -0.2) is 19.5 Å². The summed E-state index contributed by atoms with van der Waals surface area (Å²) in [7, 11) is 0. The van der Waals surface area contributed by atoms with Gasteiger partial charge in [0.2, 0.25) is 0 Å². The molecule has 98 valence electrons. The highest BCUT2D eigenvalue weighted by Crippen LogP contribution is 2.25. The van der Waals surface area contributed by atoms with Gasteiger partial charge in [-0.3, -0.25) is 4.98 Å². The van der Waals surface area contributed by atoms with E-state index >= 15 is 0 Å². The van der Waals surface area contributed by atoms with Gasteiger partial charge in [0, 0.05) is 18.0 Å². The SMILES string of the molecule is O=c1[nH]c2ccc(-c3cn4cccc(O)c4n3)cc2o1. The molecule has 4 rings (SSSR count). The van der Waals surface area contributed by atoms with Crippen LogP contribution in [0.3, 0.4) is 0 Å². The summed E-state index contributed by atoms with van der Waals surface area (Å²) in [4.78, 5) is 18.1. The number of aromatic hydroxyl groups is 1. The van der Waals surface area contributed by atoms with E-state index < -0.39 is 5.76 Å². The number of benzene rings is 1. The maximum Gasteiger partial charge on any atom is 0.417 e. The van der Waals surface area contributed by atoms with E-state index in [-0.39, 0.29) is 5.75 Å². The van der Waals surface area contributed by atoms with E-state index in [0.29, 0.717) is 22.4 Å². The topological polar surface area (TPSA) is 83.5 Å². The molecule has 3 heterocycles. The number of aromatic nitrogens is 3. The maximum absolute atomic E-state index is 11.1. The molecule has 0 fully saturated rings. The van der Waals surface area contributed by atoms with E-state index in [2.05, 4.69) is 9.97 Å². The van der Waals surface area contributed by atoms with Crippen molar-refractivity contribution >= 4 is 16.7 Å². The van der Waals surface area contributed by atoms with Gasteiger partial charge >= 0.3 is 5.76 Å². The number of imidazole rings is 1. The monoisotopic (exact) mass is 267 g/mol. The normalized spacial score (nSPS) is 11.4. The van der Waals surface area contributed by atoms with Crippen LogP contribution in [0.4, 0.5) is 0 Å². The molecule has 0 aliphatic rings. The Morgan fingerprint density at radius 2 is 2.20 bits per heavy atom. The first-order chi connectivity index (χ1) is 9.70. The Labute approximate surface area is 111 Å². The van der Waals surface area contributed by atoms with Gasteiger partial charge in [0.25, 0.3) is 0 Å². The van der Waals surface area contributed by atoms with Crippen molar-refractivity contribution in [3.05, 3.63) is 53.3 Å². The molecule has 3 aromatic heterocycles. The third kappa shape index (κ3) is 1.51. The minimum atomic E-state index is -0.482. The van der Waals surface area contributed by atoms with Gasteiger partial charge in [-0.15, -0.1) is 0 Å². The Kier molecular flexibility index (Phi) is 2.03. The van der Waals surface area contributed by atoms with Gasteiger partial charge in [0.1, 0.15) is 0 Å². The number of hydrogen-bond acceptors (Lipinski definition) is 4. The average molecular weight is 267 g/mol. The van der Waals surface area contributed by atoms with Crippen molar-refractivity contribution in [1.82, 2.24) is 14.4 Å². The Balaban J connectivity index is 1.95. The highest BCUT2D eigenvalue weighted by Gasteiger charge is 2.09. The van der Waals surface area contributed by atoms with Crippen molar-refractivity contribution in [2.75, 3.05) is 0 Å². The molecule has 0 unspecified atom stereocenters. The zero-order valence-corrected chi connectivity index (χ0v) is 10.2. The zero-order chi connectivity index (χ0) is 13.7. The summed E-state index contributed by atoms with van der Waals surface area (Å²) in [5, 5.41) is 9.76. The zero-order valence-electron chi connectivity index (χ0n) is 10.2. The molecule has 0 bridgehead atoms. The van der Waals surface area contributed by atoms with Crippen LogP contribution in [0.15, 0.2) is 51.9 Å². The molecule has 0 saturated carbocycles. The van der Waals surface area contributed by atoms with Gasteiger partial charge in [-0.05, 0) is 24.3 Å². The van der Waals surface area contributed by atoms with Crippen LogP contribution in [0.5, 0.6) is 5.75 Å². The lowest BCUT2D eigenvalue weighted by molar-refractivity contribution is 0.477. The predicted molar refractivity (Wildman–Crippen MR) is 72.7 cm³/mol. The lowest BCUT2D eigenvalue weighted by Crippen LogP contribution is -1.92. The molecule has 2 N–H and O–H groups in total. The number of pyridine rings is 1. The third-order valence-corrected chi connectivity index (χ3v) is 3.18. The quantitative estimate of drug-likeness (QED) is 0.553. The summed E-state index contributed by atoms with van der Waals surface area (Å²) in [6, 6.07) is 8.67. The van der Waals surface area contributed by atoms with Crippen molar-refractivity contribution < 1.29 is 9.52 Å². The standard InChI is InChI=1S/C14H9N3O3/c18-11-2-1-5-17-7-10(15-13(11)17)8-3-4-9-12(6-8)20-14(19)16-9/h1-7,18H,(H,16,19). The number of nitrogens with zero attached hydrogens (tertiary/aromatic N) is 2. The van der Waals surface area contributed by atoms with Gasteiger partial charge in [-0.25, -0.2) is 9.78 Å². The summed E-state index contributed by atoms with van der Waals surface area (Å²) in [5.74, 6) is -0.363. The van der Waals surface area contributed by atoms with Crippen LogP contribution < -0.4 is 5.76 Å². The fraction of sp³-hybridized carbons (Fsp3) is 0. The van der Waals surface area contributed by atoms with Crippen molar-refractivity contribution in [3.63, 3.8) is 0 Å². The number of oxazole rings is 1. The number of aromatic amines is 1. The van der Waals surface area contributed by atoms with Crippen LogP contribution in [0, 0.1) is 0 Å². The molecule has 0 aliphatic carbocycles. The molecule has 0 radical (unpaired) electrons. The highest BCUT2D eigenvalue weighted by atomic mass is 16.4. The van der Waals surface area contributed by atoms with Gasteiger partial charge in [-0.1, -0.05) is 6.07 Å². The fourth-order valence-electron chi connectivity index (χ4n) is 2.24. The minimum Gasteiger partial charge on any atom is -0.504 e. The second-order valence-electron chi connectivity index (χ2n) is 4.48. The van der Waals surface area contributed by atoms with Gasteiger partial charge in [0.05, 0.1) is 11.2 Å². The van der Waals surface area contributed by atoms with Crippen LogP contribution in [0.25, 0.3) is 28.0 Å². The molecule has 4 aromatic rings. The Morgan fingerprint density at radius 3 is 3.05 bits per heavy atom. The lowest BCUT2D eigenvalue weighted by Gasteiger charge is -1.94. The largest absolute Gasteiger partial charge is 0.504 e. The molecule has 6 nitrogen and oxygen atoms in total. The van der Waals surface area contributed by atoms with E-state index in [4.69, 9.17) is 4.42 Å². The fourth-order valence-corrected chi connectivity index (χ4v) is 2.24. The summed E-state index contributed by atoms with van der Waals surface area (Å²) in [6.45, 7) is 0. The number of hydrogen-bond donors (Lipinski definition) is 2. The maximum atomic E-state index is 11.1. The van der Waals surface area contributed by atoms with Gasteiger partial charge < -0.3 is 13.9 Å². The molecular formula is C14H9N3O3. The number of fused-ring (bicyclic) bond motifs is 2. The van der Waals surface area contributed by atoms with E-state index in [1.54, 1.807) is 41.1 Å². The third-order valence-electron chi connectivity index (χ3n) is 3.18. The van der Waals surface area contributed by atoms with Gasteiger partial charge in [-0.2, -0.15) is 0 Å². The van der Waals surface area contributed by atoms with E-state index in [1.165, 1.54) is 0 Å². The van der Waals surface area contributed by atoms with Crippen LogP contribution >= 0.6 is 0 Å². The predicted octanol–water partition coefficient (Wildman–Crippen LogP) is 2.14. The molecule has 0 saturated heterocycles. The van der Waals surface area contributed by atoms with Crippen molar-refractivity contribution in [2.24, 2.45) is 0 Å². The van der Waals surface area contributed by atoms with Crippen LogP contribution in [-0.2, 0) is 0 Å². The first kappa shape index (κ1) is 10.9. The first-order valence-electron chi connectivity index (χ1n) is 6.01. The Morgan fingerprint density at radius 1 is 1.30 bits per heavy atom. The van der Waals surface area contributed by atoms with E-state index in [0.717, 1.165) is 5.56 Å². The molecule has 1 aromatic carbocycles. The number of nitrogens with one attached hydrogen (secondary N) is 1. The summed E-state index contributed by atoms with van der Waals surface area (Å²) < 4.78 is 6.77. The van der Waals surface area contributed by atoms with Crippen molar-refractivity contribution in [3.8, 4) is 17.0 Å². The van der Waals surface area contributed by atoms with Gasteiger partial charge in [0.15, 0.2) is 17.0 Å². The van der Waals surface area contributed by atoms with Crippen LogP contribution in [0.1, 0.15) is 0 Å². The van der Waals surface area contributed by atoms with Crippen molar-refractivity contribution in [2.45, 2.75) is 0 Å². The van der Waals surface area contributed by atoms with E-state index in [9.17, 15) is 9.90 Å². The summed E-state index contributed by atoms with van der Waals surface area (Å²) >= 11 is 0. The second kappa shape index (κ2) is 3.74. The lowest BCUT2D eigenvalue weighted by atomic mass is 10.1. The number of H-pyrrole nitrogens is 1. The number of rotatable bonds is 1. The average Bonchev–Trinajstić information content (AvgIpc) is 3.00. The molecule has 0 atom stereocenters. The molecule has 0 amide bonds. The highest BCUT2D eigenvalue weighted by molar-refractivity contribution is 5.79. The molecule has 0 aliphatic heterocycles. The molecule has 0 spiro atoms. The molecular weight excluding hydrogens is 258 g/mol. The second-order valence-corrected chi connectivity index (χ2v) is 4.48. The molecule has 6 heteroatoms. The molecule has 20 heavy (non-hydrogen) atoms. The summed E-state index contributed by atoms with van der Waals surface area (Å²) in [6.07, 6.45) is 3.61. The van der Waals surface area contributed by atoms with E-state index in [1.807, 2.05) is 6.07 Å². The van der Waals surface area contributed by atoms with Crippen LogP contribution in [0.2, 0.25) is 0 Å². The first-order valence-corrected chi connectivity index (χ1v) is 6.01.